The van der Waals surface area contributed by atoms with Crippen molar-refractivity contribution in [2.24, 2.45) is 0 Å². The van der Waals surface area contributed by atoms with E-state index in [-0.39, 0.29) is 18.3 Å². The third-order valence-corrected chi connectivity index (χ3v) is 5.59. The average molecular weight is 364 g/mol. The van der Waals surface area contributed by atoms with Crippen molar-refractivity contribution in [3.05, 3.63) is 59.5 Å². The molecule has 0 amide bonds. The van der Waals surface area contributed by atoms with Crippen LogP contribution in [0.2, 0.25) is 0 Å². The summed E-state index contributed by atoms with van der Waals surface area (Å²) in [4.78, 5) is 2.20. The molecule has 1 aliphatic heterocycles. The second-order valence-corrected chi connectivity index (χ2v) is 8.01. The molecule has 1 atom stereocenters. The second kappa shape index (κ2) is 8.14. The molecule has 1 aromatic carbocycles. The van der Waals surface area contributed by atoms with Crippen molar-refractivity contribution in [3.63, 3.8) is 0 Å². The van der Waals surface area contributed by atoms with Gasteiger partial charge >= 0.3 is 0 Å². The number of hydrogen-bond donors (Lipinski definition) is 1. The SMILES string of the molecule is Cc1ccc(C(CNS(=O)(=O)Cc2ccccc2)N2CCOCC2)o1. The summed E-state index contributed by atoms with van der Waals surface area (Å²) in [5.41, 5.74) is 0.770. The average Bonchev–Trinajstić information content (AvgIpc) is 3.02. The van der Waals surface area contributed by atoms with E-state index in [0.29, 0.717) is 13.2 Å². The Bertz CT molecular complexity index is 767. The highest BCUT2D eigenvalue weighted by Crippen LogP contribution is 2.23. The van der Waals surface area contributed by atoms with E-state index in [2.05, 4.69) is 9.62 Å². The number of aryl methyl sites for hydroxylation is 1. The highest BCUT2D eigenvalue weighted by molar-refractivity contribution is 7.88. The molecule has 0 spiro atoms. The van der Waals surface area contributed by atoms with Crippen LogP contribution >= 0.6 is 0 Å². The zero-order valence-electron chi connectivity index (χ0n) is 14.3. The monoisotopic (exact) mass is 364 g/mol. The van der Waals surface area contributed by atoms with Crippen molar-refractivity contribution < 1.29 is 17.6 Å². The Morgan fingerprint density at radius 2 is 1.84 bits per heavy atom. The molecule has 1 saturated heterocycles. The van der Waals surface area contributed by atoms with E-state index in [9.17, 15) is 8.42 Å². The number of nitrogens with zero attached hydrogens (tertiary/aromatic N) is 1. The fourth-order valence-corrected chi connectivity index (χ4v) is 4.13. The Balaban J connectivity index is 1.69. The van der Waals surface area contributed by atoms with Gasteiger partial charge < -0.3 is 9.15 Å². The summed E-state index contributed by atoms with van der Waals surface area (Å²) in [7, 11) is -3.42. The number of sulfonamides is 1. The number of furan rings is 1. The molecule has 2 aromatic rings. The van der Waals surface area contributed by atoms with E-state index in [1.54, 1.807) is 0 Å². The summed E-state index contributed by atoms with van der Waals surface area (Å²) in [6.07, 6.45) is 0. The number of hydrogen-bond acceptors (Lipinski definition) is 5. The van der Waals surface area contributed by atoms with Crippen LogP contribution in [0, 0.1) is 6.92 Å². The molecule has 1 fully saturated rings. The minimum atomic E-state index is -3.42. The van der Waals surface area contributed by atoms with Crippen LogP contribution in [0.3, 0.4) is 0 Å². The number of nitrogens with one attached hydrogen (secondary N) is 1. The molecule has 0 radical (unpaired) electrons. The van der Waals surface area contributed by atoms with Gasteiger partial charge in [-0.2, -0.15) is 0 Å². The lowest BCUT2D eigenvalue weighted by atomic mass is 10.2. The van der Waals surface area contributed by atoms with Gasteiger partial charge in [0.05, 0.1) is 25.0 Å². The van der Waals surface area contributed by atoms with Gasteiger partial charge in [0.1, 0.15) is 11.5 Å². The molecule has 136 valence electrons. The lowest BCUT2D eigenvalue weighted by Gasteiger charge is -2.33. The lowest BCUT2D eigenvalue weighted by molar-refractivity contribution is 0.0127. The van der Waals surface area contributed by atoms with Crippen LogP contribution in [0.5, 0.6) is 0 Å². The fraction of sp³-hybridized carbons (Fsp3) is 0.444. The van der Waals surface area contributed by atoms with Crippen LogP contribution in [0.25, 0.3) is 0 Å². The van der Waals surface area contributed by atoms with Gasteiger partial charge in [-0.3, -0.25) is 4.90 Å². The first-order valence-electron chi connectivity index (χ1n) is 8.43. The fourth-order valence-electron chi connectivity index (χ4n) is 2.98. The third kappa shape index (κ3) is 5.15. The number of morpholine rings is 1. The number of rotatable bonds is 7. The zero-order chi connectivity index (χ0) is 17.7. The molecule has 7 heteroatoms. The molecule has 25 heavy (non-hydrogen) atoms. The molecule has 1 aromatic heterocycles. The molecule has 1 N–H and O–H groups in total. The van der Waals surface area contributed by atoms with Gasteiger partial charge in [0.15, 0.2) is 0 Å². The summed E-state index contributed by atoms with van der Waals surface area (Å²) >= 11 is 0. The van der Waals surface area contributed by atoms with Crippen molar-refractivity contribution in [2.45, 2.75) is 18.7 Å². The van der Waals surface area contributed by atoms with Crippen LogP contribution in [-0.4, -0.2) is 46.2 Å². The van der Waals surface area contributed by atoms with Gasteiger partial charge in [0.25, 0.3) is 0 Å². The third-order valence-electron chi connectivity index (χ3n) is 4.27. The predicted octanol–water partition coefficient (Wildman–Crippen LogP) is 2.08. The van der Waals surface area contributed by atoms with E-state index in [4.69, 9.17) is 9.15 Å². The highest BCUT2D eigenvalue weighted by Gasteiger charge is 2.26. The van der Waals surface area contributed by atoms with E-state index in [1.165, 1.54) is 0 Å². The van der Waals surface area contributed by atoms with Crippen LogP contribution in [-0.2, 0) is 20.5 Å². The Hall–Kier alpha value is -1.67. The Labute approximate surface area is 148 Å². The normalized spacial score (nSPS) is 17.5. The molecule has 0 aliphatic carbocycles. The van der Waals surface area contributed by atoms with Crippen LogP contribution < -0.4 is 4.72 Å². The molecule has 1 aliphatic rings. The highest BCUT2D eigenvalue weighted by atomic mass is 32.2. The van der Waals surface area contributed by atoms with Gasteiger partial charge in [-0.05, 0) is 24.6 Å². The van der Waals surface area contributed by atoms with Crippen LogP contribution in [0.15, 0.2) is 46.9 Å². The molecular formula is C18H24N2O4S. The van der Waals surface area contributed by atoms with Crippen LogP contribution in [0.4, 0.5) is 0 Å². The molecular weight excluding hydrogens is 340 g/mol. The lowest BCUT2D eigenvalue weighted by Crippen LogP contribution is -2.43. The van der Waals surface area contributed by atoms with Crippen molar-refractivity contribution in [1.29, 1.82) is 0 Å². The summed E-state index contributed by atoms with van der Waals surface area (Å²) in [5.74, 6) is 1.57. The van der Waals surface area contributed by atoms with Gasteiger partial charge in [0.2, 0.25) is 10.0 Å². The van der Waals surface area contributed by atoms with Crippen molar-refractivity contribution in [2.75, 3.05) is 32.8 Å². The summed E-state index contributed by atoms with van der Waals surface area (Å²) in [5, 5.41) is 0. The Morgan fingerprint density at radius 3 is 2.48 bits per heavy atom. The summed E-state index contributed by atoms with van der Waals surface area (Å²) in [6.45, 7) is 4.97. The Morgan fingerprint density at radius 1 is 1.12 bits per heavy atom. The van der Waals surface area contributed by atoms with Gasteiger partial charge in [-0.25, -0.2) is 13.1 Å². The van der Waals surface area contributed by atoms with Gasteiger partial charge in [-0.1, -0.05) is 30.3 Å². The van der Waals surface area contributed by atoms with Crippen molar-refractivity contribution in [3.8, 4) is 0 Å². The van der Waals surface area contributed by atoms with E-state index in [0.717, 1.165) is 30.2 Å². The van der Waals surface area contributed by atoms with E-state index in [1.807, 2.05) is 49.4 Å². The maximum absolute atomic E-state index is 12.4. The van der Waals surface area contributed by atoms with E-state index < -0.39 is 10.0 Å². The smallest absolute Gasteiger partial charge is 0.215 e. The van der Waals surface area contributed by atoms with Crippen molar-refractivity contribution in [1.82, 2.24) is 9.62 Å². The first-order valence-corrected chi connectivity index (χ1v) is 10.1. The minimum Gasteiger partial charge on any atom is -0.465 e. The van der Waals surface area contributed by atoms with Crippen molar-refractivity contribution >= 4 is 10.0 Å². The summed E-state index contributed by atoms with van der Waals surface area (Å²) in [6, 6.07) is 12.9. The summed E-state index contributed by atoms with van der Waals surface area (Å²) < 4.78 is 38.8. The molecule has 1 unspecified atom stereocenters. The first-order chi connectivity index (χ1) is 12.0. The first kappa shape index (κ1) is 18.1. The zero-order valence-corrected chi connectivity index (χ0v) is 15.2. The molecule has 0 saturated carbocycles. The second-order valence-electron chi connectivity index (χ2n) is 6.21. The maximum atomic E-state index is 12.4. The minimum absolute atomic E-state index is 0.0269. The molecule has 0 bridgehead atoms. The molecule has 2 heterocycles. The predicted molar refractivity (Wildman–Crippen MR) is 95.6 cm³/mol. The number of ether oxygens (including phenoxy) is 1. The topological polar surface area (TPSA) is 71.8 Å². The van der Waals surface area contributed by atoms with Gasteiger partial charge in [-0.15, -0.1) is 0 Å². The van der Waals surface area contributed by atoms with E-state index >= 15 is 0 Å². The quantitative estimate of drug-likeness (QED) is 0.814. The molecule has 6 nitrogen and oxygen atoms in total. The Kier molecular flexibility index (Phi) is 5.90. The largest absolute Gasteiger partial charge is 0.465 e. The van der Waals surface area contributed by atoms with Gasteiger partial charge in [0, 0.05) is 19.6 Å². The number of benzene rings is 1. The standard InChI is InChI=1S/C18H24N2O4S/c1-15-7-8-18(24-15)17(20-9-11-23-12-10-20)13-19-25(21,22)14-16-5-3-2-4-6-16/h2-8,17,19H,9-14H2,1H3. The molecule has 3 rings (SSSR count). The van der Waals surface area contributed by atoms with Crippen LogP contribution in [0.1, 0.15) is 23.1 Å². The maximum Gasteiger partial charge on any atom is 0.215 e.